The van der Waals surface area contributed by atoms with Crippen molar-refractivity contribution in [2.24, 2.45) is 0 Å². The summed E-state index contributed by atoms with van der Waals surface area (Å²) in [6.07, 6.45) is 0. The molecule has 2 atom stereocenters. The number of hydrogen-bond donors (Lipinski definition) is 0. The van der Waals surface area contributed by atoms with Gasteiger partial charge in [-0.1, -0.05) is 35.9 Å². The minimum Gasteiger partial charge on any atom is -0.563 e. The zero-order valence-corrected chi connectivity index (χ0v) is 11.2. The Labute approximate surface area is 106 Å². The summed E-state index contributed by atoms with van der Waals surface area (Å²) in [6, 6.07) is 10.3. The Bertz CT molecular complexity index is 294. The fourth-order valence-corrected chi connectivity index (χ4v) is 1.02. The van der Waals surface area contributed by atoms with E-state index in [4.69, 9.17) is 0 Å². The number of hydrogen-bond acceptors (Lipinski definition) is 5. The standard InChI is InChI=1S/C7H8.Mg.O5P2/c1-7-5-3-2-4-6-7;;1-6(2)5-7(3)4/h2-6H,1H3;;/q;+2;. The summed E-state index contributed by atoms with van der Waals surface area (Å²) in [6.45, 7) is 2.08. The Morgan fingerprint density at radius 1 is 1.07 bits per heavy atom. The van der Waals surface area contributed by atoms with E-state index in [-0.39, 0.29) is 23.1 Å². The summed E-state index contributed by atoms with van der Waals surface area (Å²) in [5.41, 5.74) is 1.32. The van der Waals surface area contributed by atoms with Crippen molar-refractivity contribution in [2.75, 3.05) is 0 Å². The zero-order valence-electron chi connectivity index (χ0n) is 8.03. The van der Waals surface area contributed by atoms with Gasteiger partial charge in [0.05, 0.1) is 0 Å². The number of rotatable bonds is 2. The van der Waals surface area contributed by atoms with Crippen molar-refractivity contribution >= 4 is 39.6 Å². The summed E-state index contributed by atoms with van der Waals surface area (Å²) >= 11 is 0. The van der Waals surface area contributed by atoms with Gasteiger partial charge in [-0.3, -0.25) is 0 Å². The first-order valence-electron chi connectivity index (χ1n) is 3.51. The van der Waals surface area contributed by atoms with Crippen LogP contribution in [0, 0.1) is 6.92 Å². The third kappa shape index (κ3) is 14.1. The maximum Gasteiger partial charge on any atom is 2.00 e. The zero-order chi connectivity index (χ0) is 11.0. The van der Waals surface area contributed by atoms with E-state index in [0.29, 0.717) is 0 Å². The average Bonchev–Trinajstić information content (AvgIpc) is 2.03. The van der Waals surface area contributed by atoms with Crippen LogP contribution in [0.3, 0.4) is 0 Å². The smallest absolute Gasteiger partial charge is 0.563 e. The molecule has 0 radical (unpaired) electrons. The molecule has 8 heteroatoms. The molecule has 1 aromatic rings. The molecule has 0 amide bonds. The molecule has 0 saturated carbocycles. The molecule has 0 saturated heterocycles. The fraction of sp³-hybridized carbons (Fsp3) is 0.143. The van der Waals surface area contributed by atoms with Crippen molar-refractivity contribution in [1.82, 2.24) is 0 Å². The van der Waals surface area contributed by atoms with Gasteiger partial charge in [0.2, 0.25) is 0 Å². The van der Waals surface area contributed by atoms with Gasteiger partial charge in [0.15, 0.2) is 0 Å². The van der Waals surface area contributed by atoms with Crippen molar-refractivity contribution in [2.45, 2.75) is 6.92 Å². The van der Waals surface area contributed by atoms with Crippen LogP contribution in [-0.4, -0.2) is 23.1 Å². The first-order valence-corrected chi connectivity index (χ1v) is 5.70. The maximum absolute atomic E-state index is 9.24. The van der Waals surface area contributed by atoms with E-state index >= 15 is 0 Å². The van der Waals surface area contributed by atoms with Crippen molar-refractivity contribution in [3.63, 3.8) is 0 Å². The van der Waals surface area contributed by atoms with E-state index in [1.807, 2.05) is 18.2 Å². The summed E-state index contributed by atoms with van der Waals surface area (Å²) in [4.78, 5) is 18.5. The molecule has 1 rings (SSSR count). The molecule has 0 fully saturated rings. The quantitative estimate of drug-likeness (QED) is 0.574. The summed E-state index contributed by atoms with van der Waals surface area (Å²) < 4.78 is 21.6. The summed E-state index contributed by atoms with van der Waals surface area (Å²) in [5.74, 6) is 0. The number of benzene rings is 1. The second kappa shape index (κ2) is 10.6. The predicted octanol–water partition coefficient (Wildman–Crippen LogP) is 0.653. The van der Waals surface area contributed by atoms with Crippen molar-refractivity contribution < 1.29 is 23.2 Å². The average molecular weight is 258 g/mol. The Morgan fingerprint density at radius 3 is 1.60 bits per heavy atom. The van der Waals surface area contributed by atoms with Gasteiger partial charge in [-0.25, -0.2) is 0 Å². The maximum atomic E-state index is 9.24. The van der Waals surface area contributed by atoms with Gasteiger partial charge in [0, 0.05) is 0 Å². The second-order valence-electron chi connectivity index (χ2n) is 2.18. The van der Waals surface area contributed by atoms with E-state index in [1.54, 1.807) is 0 Å². The molecule has 0 N–H and O–H groups in total. The molecule has 0 spiro atoms. The van der Waals surface area contributed by atoms with Gasteiger partial charge in [-0.15, -0.1) is 0 Å². The van der Waals surface area contributed by atoms with Crippen LogP contribution < -0.4 is 9.79 Å². The van der Waals surface area contributed by atoms with Gasteiger partial charge < -0.3 is 9.79 Å². The molecule has 0 aromatic heterocycles. The van der Waals surface area contributed by atoms with Crippen LogP contribution in [0.2, 0.25) is 0 Å². The molecular formula is C7H8MgO5P2+2. The molecule has 0 aliphatic rings. The van der Waals surface area contributed by atoms with Crippen LogP contribution in [-0.2, 0) is 13.4 Å². The van der Waals surface area contributed by atoms with Crippen LogP contribution in [0.4, 0.5) is 0 Å². The first kappa shape index (κ1) is 17.5. The van der Waals surface area contributed by atoms with Crippen LogP contribution in [0.5, 0.6) is 0 Å². The Hall–Kier alpha value is 0.0662. The Morgan fingerprint density at radius 2 is 1.47 bits per heavy atom. The normalized spacial score (nSPS) is 10.3. The largest absolute Gasteiger partial charge is 2.00 e. The monoisotopic (exact) mass is 258 g/mol. The van der Waals surface area contributed by atoms with Gasteiger partial charge in [-0.2, -0.15) is 0 Å². The van der Waals surface area contributed by atoms with E-state index in [1.165, 1.54) is 5.56 Å². The first-order chi connectivity index (χ1) is 6.52. The molecule has 2 unspecified atom stereocenters. The van der Waals surface area contributed by atoms with Crippen LogP contribution in [0.25, 0.3) is 0 Å². The van der Waals surface area contributed by atoms with E-state index in [9.17, 15) is 18.9 Å². The summed E-state index contributed by atoms with van der Waals surface area (Å²) in [7, 11) is -6.47. The van der Waals surface area contributed by atoms with Crippen molar-refractivity contribution in [1.29, 1.82) is 0 Å². The van der Waals surface area contributed by atoms with Gasteiger partial charge >= 0.3 is 39.6 Å². The topological polar surface area (TPSA) is 89.5 Å². The van der Waals surface area contributed by atoms with E-state index in [2.05, 4.69) is 23.4 Å². The van der Waals surface area contributed by atoms with Gasteiger partial charge in [-0.05, 0) is 16.1 Å². The van der Waals surface area contributed by atoms with E-state index in [0.717, 1.165) is 0 Å². The van der Waals surface area contributed by atoms with Crippen LogP contribution in [0.15, 0.2) is 30.3 Å². The van der Waals surface area contributed by atoms with Crippen LogP contribution in [0.1, 0.15) is 5.56 Å². The SMILES string of the molecule is Cc1ccccc1.O=[P+]([O-])O[P+](=O)[O-].[Mg+2]. The van der Waals surface area contributed by atoms with Crippen LogP contribution >= 0.6 is 16.5 Å². The molecule has 0 heterocycles. The van der Waals surface area contributed by atoms with Gasteiger partial charge in [0.25, 0.3) is 0 Å². The second-order valence-corrected chi connectivity index (χ2v) is 3.73. The predicted molar refractivity (Wildman–Crippen MR) is 53.2 cm³/mol. The molecule has 0 aliphatic carbocycles. The van der Waals surface area contributed by atoms with Crippen molar-refractivity contribution in [3.05, 3.63) is 35.9 Å². The molecule has 0 bridgehead atoms. The van der Waals surface area contributed by atoms with E-state index < -0.39 is 16.5 Å². The minimum atomic E-state index is -3.24. The molecular weight excluding hydrogens is 250 g/mol. The van der Waals surface area contributed by atoms with Crippen molar-refractivity contribution in [3.8, 4) is 0 Å². The molecule has 1 aromatic carbocycles. The van der Waals surface area contributed by atoms with Gasteiger partial charge in [0.1, 0.15) is 4.31 Å². The molecule has 15 heavy (non-hydrogen) atoms. The summed E-state index contributed by atoms with van der Waals surface area (Å²) in [5, 5.41) is 0. The molecule has 0 aliphatic heterocycles. The third-order valence-electron chi connectivity index (χ3n) is 1.07. The number of aryl methyl sites for hydroxylation is 1. The third-order valence-corrected chi connectivity index (χ3v) is 2.14. The Balaban J connectivity index is 0. The molecule has 76 valence electrons. The fourth-order valence-electron chi connectivity index (χ4n) is 0.589. The Kier molecular flexibility index (Phi) is 12.3. The minimum absolute atomic E-state index is 0. The molecule has 5 nitrogen and oxygen atoms in total.